The van der Waals surface area contributed by atoms with Crippen LogP contribution in [0.3, 0.4) is 0 Å². The number of likely N-dealkylation sites (N-methyl/N-ethyl adjacent to an activating group) is 1. The number of hydrogen-bond donors (Lipinski definition) is 2. The molecular formula is C31H40ClN7O. The molecule has 0 saturated carbocycles. The fraction of sp³-hybridized carbons (Fsp3) is 0.548. The van der Waals surface area contributed by atoms with E-state index in [1.54, 1.807) is 0 Å². The van der Waals surface area contributed by atoms with Crippen LogP contribution in [0.5, 0.6) is 6.01 Å². The third-order valence-electron chi connectivity index (χ3n) is 9.57. The first-order valence-corrected chi connectivity index (χ1v) is 15.3. The van der Waals surface area contributed by atoms with Crippen molar-refractivity contribution in [3.63, 3.8) is 0 Å². The number of ether oxygens (including phenoxy) is 1. The van der Waals surface area contributed by atoms with Crippen molar-refractivity contribution in [2.75, 3.05) is 56.2 Å². The van der Waals surface area contributed by atoms with Gasteiger partial charge in [-0.15, -0.1) is 0 Å². The molecular weight excluding hydrogens is 522 g/mol. The highest BCUT2D eigenvalue weighted by Crippen LogP contribution is 2.38. The van der Waals surface area contributed by atoms with Crippen molar-refractivity contribution in [2.24, 2.45) is 11.7 Å². The minimum absolute atomic E-state index is 0.421. The van der Waals surface area contributed by atoms with Gasteiger partial charge in [0, 0.05) is 54.4 Å². The van der Waals surface area contributed by atoms with E-state index in [-0.39, 0.29) is 0 Å². The van der Waals surface area contributed by atoms with Crippen LogP contribution in [0.25, 0.3) is 10.8 Å². The number of nitrogens with one attached hydrogen (secondary N) is 1. The van der Waals surface area contributed by atoms with Crippen LogP contribution in [0.2, 0.25) is 5.02 Å². The highest BCUT2D eigenvalue weighted by molar-refractivity contribution is 6.36. The quantitative estimate of drug-likeness (QED) is 0.450. The zero-order valence-electron chi connectivity index (χ0n) is 23.4. The second-order valence-electron chi connectivity index (χ2n) is 12.1. The Bertz CT molecular complexity index is 1380. The SMILES string of the molecule is CN1CCC[C@H]1COc1nc2c(c(N3CC4N[C@H](CC4CCN)C3)n1)CCN(c1cccc3cccc(Cl)c13)C2. The predicted octanol–water partition coefficient (Wildman–Crippen LogP) is 3.83. The average molecular weight is 562 g/mol. The van der Waals surface area contributed by atoms with E-state index in [4.69, 9.17) is 32.0 Å². The molecule has 4 aliphatic rings. The Kier molecular flexibility index (Phi) is 7.20. The molecule has 5 heterocycles. The lowest BCUT2D eigenvalue weighted by Crippen LogP contribution is -2.53. The van der Waals surface area contributed by atoms with Crippen LogP contribution in [0.1, 0.15) is 36.9 Å². The standard InChI is InChI=1S/C31H40ClN7O/c1-37-13-4-7-23(37)19-40-31-35-27-18-38(28-9-3-6-20-5-2-8-25(32)29(20)28)14-11-24(27)30(36-31)39-16-22-15-21(10-12-33)26(17-39)34-22/h2-3,5-6,8-9,21-23,26,34H,4,7,10-19,33H2,1H3/t21?,22-,23+,26?/m1/s1. The largest absolute Gasteiger partial charge is 0.462 e. The van der Waals surface area contributed by atoms with Crippen LogP contribution < -0.4 is 25.6 Å². The third kappa shape index (κ3) is 4.89. The van der Waals surface area contributed by atoms with Gasteiger partial charge in [-0.2, -0.15) is 9.97 Å². The summed E-state index contributed by atoms with van der Waals surface area (Å²) in [5.74, 6) is 1.71. The average Bonchev–Trinajstić information content (AvgIpc) is 3.51. The van der Waals surface area contributed by atoms with E-state index in [1.807, 2.05) is 12.1 Å². The highest BCUT2D eigenvalue weighted by atomic mass is 35.5. The topological polar surface area (TPSA) is 82.8 Å². The number of anilines is 2. The summed E-state index contributed by atoms with van der Waals surface area (Å²) < 4.78 is 6.35. The van der Waals surface area contributed by atoms with Crippen LogP contribution in [0.4, 0.5) is 11.5 Å². The van der Waals surface area contributed by atoms with Crippen molar-refractivity contribution in [3.8, 4) is 6.01 Å². The summed E-state index contributed by atoms with van der Waals surface area (Å²) in [7, 11) is 2.18. The van der Waals surface area contributed by atoms with Gasteiger partial charge in [0.1, 0.15) is 12.4 Å². The van der Waals surface area contributed by atoms with Crippen molar-refractivity contribution in [1.29, 1.82) is 0 Å². The number of piperazine rings is 1. The molecule has 9 heteroatoms. The Labute approximate surface area is 241 Å². The van der Waals surface area contributed by atoms with E-state index < -0.39 is 0 Å². The number of likely N-dealkylation sites (tertiary alicyclic amines) is 1. The fourth-order valence-electron chi connectivity index (χ4n) is 7.47. The van der Waals surface area contributed by atoms with Gasteiger partial charge in [-0.1, -0.05) is 35.9 Å². The van der Waals surface area contributed by atoms with Crippen molar-refractivity contribution >= 4 is 33.9 Å². The van der Waals surface area contributed by atoms with Crippen molar-refractivity contribution in [2.45, 2.75) is 56.8 Å². The molecule has 0 spiro atoms. The lowest BCUT2D eigenvalue weighted by atomic mass is 9.96. The van der Waals surface area contributed by atoms with Crippen molar-refractivity contribution < 1.29 is 4.74 Å². The van der Waals surface area contributed by atoms with Crippen LogP contribution >= 0.6 is 11.6 Å². The number of hydrogen-bond acceptors (Lipinski definition) is 8. The number of nitrogens with two attached hydrogens (primary N) is 1. The number of halogens is 1. The number of rotatable bonds is 7. The molecule has 2 unspecified atom stereocenters. The van der Waals surface area contributed by atoms with Gasteiger partial charge in [0.05, 0.1) is 17.3 Å². The molecule has 8 nitrogen and oxygen atoms in total. The molecule has 0 aliphatic carbocycles. The van der Waals surface area contributed by atoms with E-state index in [0.29, 0.717) is 43.2 Å². The molecule has 1 aromatic heterocycles. The van der Waals surface area contributed by atoms with E-state index in [0.717, 1.165) is 85.0 Å². The Morgan fingerprint density at radius 2 is 1.98 bits per heavy atom. The van der Waals surface area contributed by atoms with E-state index in [1.165, 1.54) is 18.4 Å². The van der Waals surface area contributed by atoms with Gasteiger partial charge in [-0.25, -0.2) is 0 Å². The molecule has 40 heavy (non-hydrogen) atoms. The van der Waals surface area contributed by atoms with Gasteiger partial charge in [0.15, 0.2) is 0 Å². The van der Waals surface area contributed by atoms with E-state index in [2.05, 4.69) is 51.3 Å². The molecule has 4 aliphatic heterocycles. The summed E-state index contributed by atoms with van der Waals surface area (Å²) in [5, 5.41) is 6.89. The summed E-state index contributed by atoms with van der Waals surface area (Å²) in [6.45, 7) is 6.04. The Hall–Kier alpha value is -2.65. The molecule has 212 valence electrons. The maximum Gasteiger partial charge on any atom is 0.318 e. The zero-order valence-corrected chi connectivity index (χ0v) is 24.1. The van der Waals surface area contributed by atoms with Crippen molar-refractivity contribution in [1.82, 2.24) is 20.2 Å². The summed E-state index contributed by atoms with van der Waals surface area (Å²) in [6.07, 6.45) is 5.54. The zero-order chi connectivity index (χ0) is 27.2. The van der Waals surface area contributed by atoms with Crippen LogP contribution in [0.15, 0.2) is 36.4 Å². The minimum atomic E-state index is 0.421. The van der Waals surface area contributed by atoms with Gasteiger partial charge in [-0.05, 0) is 75.7 Å². The lowest BCUT2D eigenvalue weighted by Gasteiger charge is -2.38. The fourth-order valence-corrected chi connectivity index (χ4v) is 7.75. The summed E-state index contributed by atoms with van der Waals surface area (Å²) in [6, 6.07) is 14.4. The maximum atomic E-state index is 6.72. The summed E-state index contributed by atoms with van der Waals surface area (Å²) >= 11 is 6.72. The molecule has 2 bridgehead atoms. The first-order valence-electron chi connectivity index (χ1n) is 14.9. The first kappa shape index (κ1) is 26.3. The van der Waals surface area contributed by atoms with Crippen molar-refractivity contribution in [3.05, 3.63) is 52.7 Å². The number of nitrogens with zero attached hydrogens (tertiary/aromatic N) is 5. The van der Waals surface area contributed by atoms with Crippen LogP contribution in [-0.2, 0) is 13.0 Å². The Morgan fingerprint density at radius 3 is 2.80 bits per heavy atom. The molecule has 2 aromatic carbocycles. The second kappa shape index (κ2) is 11.0. The highest BCUT2D eigenvalue weighted by Gasteiger charge is 2.40. The summed E-state index contributed by atoms with van der Waals surface area (Å²) in [4.78, 5) is 17.5. The lowest BCUT2D eigenvalue weighted by molar-refractivity contribution is 0.187. The number of aromatic nitrogens is 2. The van der Waals surface area contributed by atoms with Crippen LogP contribution in [0, 0.1) is 5.92 Å². The van der Waals surface area contributed by atoms with E-state index in [9.17, 15) is 0 Å². The van der Waals surface area contributed by atoms with Crippen LogP contribution in [-0.4, -0.2) is 79.4 Å². The molecule has 3 N–H and O–H groups in total. The normalized spacial score (nSPS) is 26.5. The van der Waals surface area contributed by atoms with Gasteiger partial charge in [-0.3, -0.25) is 0 Å². The molecule has 3 fully saturated rings. The third-order valence-corrected chi connectivity index (χ3v) is 9.89. The van der Waals surface area contributed by atoms with Gasteiger partial charge in [0.2, 0.25) is 0 Å². The molecule has 3 aromatic rings. The smallest absolute Gasteiger partial charge is 0.318 e. The molecule has 7 rings (SSSR count). The Morgan fingerprint density at radius 1 is 1.10 bits per heavy atom. The number of fused-ring (bicyclic) bond motifs is 4. The molecule has 3 saturated heterocycles. The van der Waals surface area contributed by atoms with Gasteiger partial charge in [0.25, 0.3) is 0 Å². The number of benzene rings is 2. The van der Waals surface area contributed by atoms with Gasteiger partial charge >= 0.3 is 6.01 Å². The Balaban J connectivity index is 1.22. The van der Waals surface area contributed by atoms with E-state index >= 15 is 0 Å². The molecule has 4 atom stereocenters. The minimum Gasteiger partial charge on any atom is -0.462 e. The first-order chi connectivity index (χ1) is 19.6. The van der Waals surface area contributed by atoms with Gasteiger partial charge < -0.3 is 30.5 Å². The monoisotopic (exact) mass is 561 g/mol. The molecule has 0 amide bonds. The second-order valence-corrected chi connectivity index (χ2v) is 12.5. The molecule has 0 radical (unpaired) electrons. The summed E-state index contributed by atoms with van der Waals surface area (Å²) in [5.41, 5.74) is 9.45. The predicted molar refractivity (Wildman–Crippen MR) is 162 cm³/mol. The maximum absolute atomic E-state index is 6.72.